The molecule has 4 nitrogen and oxygen atoms in total. The van der Waals surface area contributed by atoms with E-state index >= 15 is 0 Å². The van der Waals surface area contributed by atoms with Crippen LogP contribution in [0.1, 0.15) is 5.56 Å². The molecule has 0 radical (unpaired) electrons. The number of carboxylic acids is 1. The predicted octanol–water partition coefficient (Wildman–Crippen LogP) is 2.09. The monoisotopic (exact) mass is 283 g/mol. The van der Waals surface area contributed by atoms with Crippen LogP contribution in [0, 0.1) is 11.6 Å². The summed E-state index contributed by atoms with van der Waals surface area (Å²) in [5, 5.41) is 9.54. The van der Waals surface area contributed by atoms with Gasteiger partial charge in [-0.05, 0) is 6.07 Å². The Morgan fingerprint density at radius 2 is 1.74 bits per heavy atom. The van der Waals surface area contributed by atoms with Crippen LogP contribution in [-0.4, -0.2) is 23.2 Å². The van der Waals surface area contributed by atoms with Crippen LogP contribution < -0.4 is 5.32 Å². The number of aliphatic carboxylic acids is 1. The van der Waals surface area contributed by atoms with Gasteiger partial charge in [0, 0.05) is 11.6 Å². The van der Waals surface area contributed by atoms with E-state index in [1.165, 1.54) is 0 Å². The number of alkyl halides is 3. The number of carbonyl (C=O) groups excluding carboxylic acids is 1. The van der Waals surface area contributed by atoms with Gasteiger partial charge in [-0.3, -0.25) is 9.59 Å². The molecule has 0 aliphatic heterocycles. The fourth-order valence-electron chi connectivity index (χ4n) is 1.18. The summed E-state index contributed by atoms with van der Waals surface area (Å²) < 4.78 is 62.3. The Labute approximate surface area is 102 Å². The molecular weight excluding hydrogens is 277 g/mol. The zero-order valence-corrected chi connectivity index (χ0v) is 9.02. The maximum Gasteiger partial charge on any atom is 0.471 e. The molecule has 0 saturated carbocycles. The van der Waals surface area contributed by atoms with Crippen LogP contribution in [0.25, 0.3) is 0 Å². The fraction of sp³-hybridized carbons (Fsp3) is 0.200. The van der Waals surface area contributed by atoms with Gasteiger partial charge in [0.25, 0.3) is 0 Å². The molecule has 0 heterocycles. The minimum Gasteiger partial charge on any atom is -0.481 e. The third-order valence-corrected chi connectivity index (χ3v) is 1.98. The van der Waals surface area contributed by atoms with Gasteiger partial charge in [-0.2, -0.15) is 13.2 Å². The standard InChI is InChI=1S/C10H6F5NO3/c11-5-3-7(16-9(19)10(13,14)15)6(12)1-4(5)2-8(17)18/h1,3H,2H2,(H,16,19)(H,17,18). The van der Waals surface area contributed by atoms with Crippen LogP contribution in [0.2, 0.25) is 0 Å². The molecule has 0 aromatic heterocycles. The molecule has 1 rings (SSSR count). The number of amides is 1. The van der Waals surface area contributed by atoms with Crippen molar-refractivity contribution in [2.75, 3.05) is 5.32 Å². The summed E-state index contributed by atoms with van der Waals surface area (Å²) in [5.74, 6) is -6.50. The summed E-state index contributed by atoms with van der Waals surface area (Å²) in [6.45, 7) is 0. The number of carboxylic acid groups (broad SMARTS) is 1. The van der Waals surface area contributed by atoms with Crippen LogP contribution in [0.15, 0.2) is 12.1 Å². The van der Waals surface area contributed by atoms with Crippen molar-refractivity contribution >= 4 is 17.6 Å². The summed E-state index contributed by atoms with van der Waals surface area (Å²) >= 11 is 0. The Bertz CT molecular complexity index is 527. The number of hydrogen-bond donors (Lipinski definition) is 2. The van der Waals surface area contributed by atoms with Crippen LogP contribution in [-0.2, 0) is 16.0 Å². The second-order valence-electron chi connectivity index (χ2n) is 3.45. The smallest absolute Gasteiger partial charge is 0.471 e. The number of halogens is 5. The molecule has 0 saturated heterocycles. The Morgan fingerprint density at radius 3 is 2.21 bits per heavy atom. The van der Waals surface area contributed by atoms with Gasteiger partial charge in [0.1, 0.15) is 11.6 Å². The highest BCUT2D eigenvalue weighted by Gasteiger charge is 2.39. The lowest BCUT2D eigenvalue weighted by molar-refractivity contribution is -0.167. The average molecular weight is 283 g/mol. The van der Waals surface area contributed by atoms with E-state index in [1.54, 1.807) is 0 Å². The van der Waals surface area contributed by atoms with Gasteiger partial charge in [-0.25, -0.2) is 8.78 Å². The highest BCUT2D eigenvalue weighted by molar-refractivity contribution is 5.95. The zero-order valence-electron chi connectivity index (χ0n) is 9.02. The van der Waals surface area contributed by atoms with Gasteiger partial charge in [0.15, 0.2) is 0 Å². The quantitative estimate of drug-likeness (QED) is 0.835. The van der Waals surface area contributed by atoms with Crippen LogP contribution >= 0.6 is 0 Å². The minimum atomic E-state index is -5.25. The number of anilines is 1. The number of carbonyl (C=O) groups is 2. The molecule has 19 heavy (non-hydrogen) atoms. The first kappa shape index (κ1) is 14.9. The van der Waals surface area contributed by atoms with E-state index in [-0.39, 0.29) is 6.07 Å². The SMILES string of the molecule is O=C(O)Cc1cc(F)c(NC(=O)C(F)(F)F)cc1F. The third kappa shape index (κ3) is 3.90. The summed E-state index contributed by atoms with van der Waals surface area (Å²) in [6.07, 6.45) is -6.08. The van der Waals surface area contributed by atoms with Crippen LogP contribution in [0.3, 0.4) is 0 Å². The first-order valence-electron chi connectivity index (χ1n) is 4.69. The second-order valence-corrected chi connectivity index (χ2v) is 3.45. The summed E-state index contributed by atoms with van der Waals surface area (Å²) in [4.78, 5) is 20.9. The van der Waals surface area contributed by atoms with E-state index < -0.39 is 47.4 Å². The second kappa shape index (κ2) is 5.21. The van der Waals surface area contributed by atoms with Crippen LogP contribution in [0.4, 0.5) is 27.6 Å². The van der Waals surface area contributed by atoms with Crippen molar-refractivity contribution in [2.45, 2.75) is 12.6 Å². The lowest BCUT2D eigenvalue weighted by Gasteiger charge is -2.10. The molecule has 0 fully saturated rings. The molecule has 104 valence electrons. The molecule has 9 heteroatoms. The fourth-order valence-corrected chi connectivity index (χ4v) is 1.18. The molecule has 0 bridgehead atoms. The van der Waals surface area contributed by atoms with Crippen molar-refractivity contribution in [3.63, 3.8) is 0 Å². The zero-order chi connectivity index (χ0) is 14.8. The number of hydrogen-bond acceptors (Lipinski definition) is 2. The largest absolute Gasteiger partial charge is 0.481 e. The Hall–Kier alpha value is -2.19. The normalized spacial score (nSPS) is 11.2. The minimum absolute atomic E-state index is 0.289. The topological polar surface area (TPSA) is 66.4 Å². The van der Waals surface area contributed by atoms with Crippen LogP contribution in [0.5, 0.6) is 0 Å². The highest BCUT2D eigenvalue weighted by Crippen LogP contribution is 2.23. The summed E-state index contributed by atoms with van der Waals surface area (Å²) in [5.41, 5.74) is -1.57. The molecule has 0 atom stereocenters. The molecule has 1 amide bonds. The van der Waals surface area contributed by atoms with Gasteiger partial charge in [0.05, 0.1) is 12.1 Å². The van der Waals surface area contributed by atoms with Crippen molar-refractivity contribution in [1.29, 1.82) is 0 Å². The third-order valence-electron chi connectivity index (χ3n) is 1.98. The van der Waals surface area contributed by atoms with Crippen molar-refractivity contribution < 1.29 is 36.6 Å². The van der Waals surface area contributed by atoms with Gasteiger partial charge in [-0.15, -0.1) is 0 Å². The van der Waals surface area contributed by atoms with E-state index in [1.807, 2.05) is 0 Å². The van der Waals surface area contributed by atoms with Crippen molar-refractivity contribution in [3.05, 3.63) is 29.3 Å². The first-order chi connectivity index (χ1) is 8.61. The Morgan fingerprint density at radius 1 is 1.16 bits per heavy atom. The van der Waals surface area contributed by atoms with E-state index in [4.69, 9.17) is 5.11 Å². The highest BCUT2D eigenvalue weighted by atomic mass is 19.4. The Kier molecular flexibility index (Phi) is 4.07. The molecular formula is C10H6F5NO3. The molecule has 2 N–H and O–H groups in total. The van der Waals surface area contributed by atoms with E-state index in [9.17, 15) is 31.5 Å². The van der Waals surface area contributed by atoms with Crippen molar-refractivity contribution in [1.82, 2.24) is 0 Å². The lowest BCUT2D eigenvalue weighted by Crippen LogP contribution is -2.30. The van der Waals surface area contributed by atoms with Gasteiger partial charge in [-0.1, -0.05) is 0 Å². The van der Waals surface area contributed by atoms with E-state index in [0.29, 0.717) is 6.07 Å². The van der Waals surface area contributed by atoms with Gasteiger partial charge >= 0.3 is 18.1 Å². The molecule has 1 aromatic rings. The van der Waals surface area contributed by atoms with Gasteiger partial charge < -0.3 is 10.4 Å². The molecule has 1 aromatic carbocycles. The maximum absolute atomic E-state index is 13.3. The molecule has 0 aliphatic rings. The molecule has 0 unspecified atom stereocenters. The average Bonchev–Trinajstić information content (AvgIpc) is 2.23. The predicted molar refractivity (Wildman–Crippen MR) is 52.4 cm³/mol. The Balaban J connectivity index is 3.02. The van der Waals surface area contributed by atoms with Crippen molar-refractivity contribution in [3.8, 4) is 0 Å². The number of benzene rings is 1. The molecule has 0 spiro atoms. The maximum atomic E-state index is 13.3. The number of nitrogens with one attached hydrogen (secondary N) is 1. The summed E-state index contributed by atoms with van der Waals surface area (Å²) in [7, 11) is 0. The van der Waals surface area contributed by atoms with E-state index in [2.05, 4.69) is 0 Å². The lowest BCUT2D eigenvalue weighted by atomic mass is 10.1. The number of rotatable bonds is 3. The van der Waals surface area contributed by atoms with E-state index in [0.717, 1.165) is 5.32 Å². The first-order valence-corrected chi connectivity index (χ1v) is 4.69. The molecule has 0 aliphatic carbocycles. The summed E-state index contributed by atoms with van der Waals surface area (Å²) in [6, 6.07) is 0.701. The van der Waals surface area contributed by atoms with Crippen molar-refractivity contribution in [2.24, 2.45) is 0 Å². The van der Waals surface area contributed by atoms with Gasteiger partial charge in [0.2, 0.25) is 0 Å².